The molecule has 1 unspecified atom stereocenters. The maximum Gasteiger partial charge on any atom is 0.114 e. The molecular formula is C9H15N3S. The molecule has 1 aromatic rings. The number of rotatable bonds is 2. The highest BCUT2D eigenvalue weighted by Gasteiger charge is 2.38. The standard InChI is InChI=1S/C9H15N3S/c1-10-9(3-5-12(2)7-9)8-11-4-6-13-8/h4,6,10H,3,5,7H2,1-2H3. The van der Waals surface area contributed by atoms with Crippen molar-refractivity contribution in [1.82, 2.24) is 15.2 Å². The molecule has 1 aliphatic rings. The molecule has 72 valence electrons. The summed E-state index contributed by atoms with van der Waals surface area (Å²) in [7, 11) is 4.19. The minimum Gasteiger partial charge on any atom is -0.307 e. The molecule has 1 aromatic heterocycles. The third-order valence-corrected chi connectivity index (χ3v) is 3.76. The fraction of sp³-hybridized carbons (Fsp3) is 0.667. The minimum atomic E-state index is 0.114. The van der Waals surface area contributed by atoms with Crippen LogP contribution in [0, 0.1) is 0 Å². The molecule has 0 aliphatic carbocycles. The van der Waals surface area contributed by atoms with E-state index in [0.717, 1.165) is 19.5 Å². The molecule has 1 saturated heterocycles. The molecule has 1 N–H and O–H groups in total. The number of nitrogens with one attached hydrogen (secondary N) is 1. The zero-order chi connectivity index (χ0) is 9.31. The number of likely N-dealkylation sites (N-methyl/N-ethyl adjacent to an activating group) is 2. The molecule has 1 fully saturated rings. The monoisotopic (exact) mass is 197 g/mol. The van der Waals surface area contributed by atoms with Crippen molar-refractivity contribution in [1.29, 1.82) is 0 Å². The second-order valence-corrected chi connectivity index (χ2v) is 4.55. The third-order valence-electron chi connectivity index (χ3n) is 2.78. The van der Waals surface area contributed by atoms with Crippen LogP contribution in [0.25, 0.3) is 0 Å². The lowest BCUT2D eigenvalue weighted by Crippen LogP contribution is -2.42. The van der Waals surface area contributed by atoms with Gasteiger partial charge in [0.05, 0.1) is 5.54 Å². The van der Waals surface area contributed by atoms with Gasteiger partial charge >= 0.3 is 0 Å². The van der Waals surface area contributed by atoms with Crippen molar-refractivity contribution < 1.29 is 0 Å². The average Bonchev–Trinajstić information content (AvgIpc) is 2.73. The van der Waals surface area contributed by atoms with Crippen LogP contribution < -0.4 is 5.32 Å². The molecule has 0 aromatic carbocycles. The Labute approximate surface area is 82.8 Å². The van der Waals surface area contributed by atoms with Crippen LogP contribution >= 0.6 is 11.3 Å². The molecule has 2 rings (SSSR count). The van der Waals surface area contributed by atoms with Gasteiger partial charge in [-0.3, -0.25) is 0 Å². The Kier molecular flexibility index (Phi) is 2.36. The summed E-state index contributed by atoms with van der Waals surface area (Å²) in [6, 6.07) is 0. The second-order valence-electron chi connectivity index (χ2n) is 3.66. The Morgan fingerprint density at radius 3 is 3.00 bits per heavy atom. The highest BCUT2D eigenvalue weighted by atomic mass is 32.1. The van der Waals surface area contributed by atoms with Gasteiger partial charge in [-0.25, -0.2) is 4.98 Å². The van der Waals surface area contributed by atoms with Crippen molar-refractivity contribution in [3.05, 3.63) is 16.6 Å². The molecule has 2 heterocycles. The maximum atomic E-state index is 4.41. The second kappa shape index (κ2) is 3.36. The normalized spacial score (nSPS) is 29.7. The fourth-order valence-electron chi connectivity index (χ4n) is 1.95. The molecule has 13 heavy (non-hydrogen) atoms. The summed E-state index contributed by atoms with van der Waals surface area (Å²) in [5.74, 6) is 0. The summed E-state index contributed by atoms with van der Waals surface area (Å²) in [4.78, 5) is 6.75. The van der Waals surface area contributed by atoms with Gasteiger partial charge in [-0.1, -0.05) is 0 Å². The molecule has 0 radical (unpaired) electrons. The van der Waals surface area contributed by atoms with Gasteiger partial charge < -0.3 is 10.2 Å². The predicted octanol–water partition coefficient (Wildman–Crippen LogP) is 0.893. The van der Waals surface area contributed by atoms with Crippen molar-refractivity contribution in [3.8, 4) is 0 Å². The van der Waals surface area contributed by atoms with Crippen LogP contribution in [0.4, 0.5) is 0 Å². The number of hydrogen-bond acceptors (Lipinski definition) is 4. The molecule has 0 spiro atoms. The number of aromatic nitrogens is 1. The first-order chi connectivity index (χ1) is 6.27. The van der Waals surface area contributed by atoms with E-state index in [1.807, 2.05) is 18.6 Å². The van der Waals surface area contributed by atoms with Gasteiger partial charge in [-0.2, -0.15) is 0 Å². The summed E-state index contributed by atoms with van der Waals surface area (Å²) in [5.41, 5.74) is 0.114. The lowest BCUT2D eigenvalue weighted by molar-refractivity contribution is 0.333. The maximum absolute atomic E-state index is 4.41. The van der Waals surface area contributed by atoms with Crippen LogP contribution in [0.1, 0.15) is 11.4 Å². The van der Waals surface area contributed by atoms with Crippen LogP contribution in [0.5, 0.6) is 0 Å². The topological polar surface area (TPSA) is 28.2 Å². The van der Waals surface area contributed by atoms with E-state index in [4.69, 9.17) is 0 Å². The SMILES string of the molecule is CNC1(c2nccs2)CCN(C)C1. The van der Waals surface area contributed by atoms with Crippen LogP contribution in [-0.4, -0.2) is 37.1 Å². The molecule has 0 bridgehead atoms. The first kappa shape index (κ1) is 9.12. The Morgan fingerprint density at radius 2 is 2.54 bits per heavy atom. The van der Waals surface area contributed by atoms with Gasteiger partial charge in [0.1, 0.15) is 5.01 Å². The Hall–Kier alpha value is -0.450. The lowest BCUT2D eigenvalue weighted by Gasteiger charge is -2.25. The summed E-state index contributed by atoms with van der Waals surface area (Å²) < 4.78 is 0. The number of hydrogen-bond donors (Lipinski definition) is 1. The van der Waals surface area contributed by atoms with Crippen molar-refractivity contribution in [2.45, 2.75) is 12.0 Å². The quantitative estimate of drug-likeness (QED) is 0.763. The molecule has 4 heteroatoms. The zero-order valence-electron chi connectivity index (χ0n) is 8.08. The Balaban J connectivity index is 2.26. The van der Waals surface area contributed by atoms with Gasteiger partial charge in [0, 0.05) is 24.7 Å². The van der Waals surface area contributed by atoms with E-state index < -0.39 is 0 Å². The molecular weight excluding hydrogens is 182 g/mol. The zero-order valence-corrected chi connectivity index (χ0v) is 8.90. The predicted molar refractivity (Wildman–Crippen MR) is 55.0 cm³/mol. The van der Waals surface area contributed by atoms with E-state index >= 15 is 0 Å². The van der Waals surface area contributed by atoms with Crippen LogP contribution in [0.2, 0.25) is 0 Å². The van der Waals surface area contributed by atoms with Crippen molar-refractivity contribution >= 4 is 11.3 Å². The number of nitrogens with zero attached hydrogens (tertiary/aromatic N) is 2. The Morgan fingerprint density at radius 1 is 1.69 bits per heavy atom. The smallest absolute Gasteiger partial charge is 0.114 e. The molecule has 1 atom stereocenters. The van der Waals surface area contributed by atoms with Crippen LogP contribution in [0.3, 0.4) is 0 Å². The summed E-state index contributed by atoms with van der Waals surface area (Å²) in [6.07, 6.45) is 3.05. The van der Waals surface area contributed by atoms with Crippen LogP contribution in [0.15, 0.2) is 11.6 Å². The molecule has 1 aliphatic heterocycles. The van der Waals surface area contributed by atoms with Gasteiger partial charge in [0.2, 0.25) is 0 Å². The number of thiazole rings is 1. The van der Waals surface area contributed by atoms with Crippen molar-refractivity contribution in [2.75, 3.05) is 27.2 Å². The molecule has 0 amide bonds. The van der Waals surface area contributed by atoms with Gasteiger partial charge in [0.25, 0.3) is 0 Å². The largest absolute Gasteiger partial charge is 0.307 e. The van der Waals surface area contributed by atoms with E-state index in [9.17, 15) is 0 Å². The fourth-order valence-corrected chi connectivity index (χ4v) is 2.81. The van der Waals surface area contributed by atoms with Crippen molar-refractivity contribution in [2.24, 2.45) is 0 Å². The van der Waals surface area contributed by atoms with E-state index in [-0.39, 0.29) is 5.54 Å². The van der Waals surface area contributed by atoms with Gasteiger partial charge in [0.15, 0.2) is 0 Å². The van der Waals surface area contributed by atoms with Gasteiger partial charge in [-0.15, -0.1) is 11.3 Å². The first-order valence-electron chi connectivity index (χ1n) is 4.54. The van der Waals surface area contributed by atoms with E-state index in [1.54, 1.807) is 11.3 Å². The highest BCUT2D eigenvalue weighted by molar-refractivity contribution is 7.09. The summed E-state index contributed by atoms with van der Waals surface area (Å²) in [5, 5.41) is 6.69. The van der Waals surface area contributed by atoms with Gasteiger partial charge in [-0.05, 0) is 20.5 Å². The van der Waals surface area contributed by atoms with Crippen molar-refractivity contribution in [3.63, 3.8) is 0 Å². The minimum absolute atomic E-state index is 0.114. The highest BCUT2D eigenvalue weighted by Crippen LogP contribution is 2.31. The third kappa shape index (κ3) is 1.49. The molecule has 0 saturated carbocycles. The summed E-state index contributed by atoms with van der Waals surface area (Å²) in [6.45, 7) is 2.22. The lowest BCUT2D eigenvalue weighted by atomic mass is 10.0. The van der Waals surface area contributed by atoms with E-state index in [1.165, 1.54) is 5.01 Å². The Bertz CT molecular complexity index is 272. The number of likely N-dealkylation sites (tertiary alicyclic amines) is 1. The summed E-state index contributed by atoms with van der Waals surface area (Å²) >= 11 is 1.75. The van der Waals surface area contributed by atoms with E-state index in [2.05, 4.69) is 22.2 Å². The molecule has 3 nitrogen and oxygen atoms in total. The average molecular weight is 197 g/mol. The van der Waals surface area contributed by atoms with Crippen LogP contribution in [-0.2, 0) is 5.54 Å². The first-order valence-corrected chi connectivity index (χ1v) is 5.42. The van der Waals surface area contributed by atoms with E-state index in [0.29, 0.717) is 0 Å².